The van der Waals surface area contributed by atoms with Crippen LogP contribution in [0.1, 0.15) is 29.3 Å². The van der Waals surface area contributed by atoms with Crippen molar-refractivity contribution in [1.29, 1.82) is 0 Å². The lowest BCUT2D eigenvalue weighted by atomic mass is 9.98. The molecular formula is C18H21NO2. The fourth-order valence-electron chi connectivity index (χ4n) is 2.17. The molecule has 0 aliphatic heterocycles. The molecule has 2 aromatic rings. The Labute approximate surface area is 125 Å². The van der Waals surface area contributed by atoms with E-state index in [2.05, 4.69) is 0 Å². The highest BCUT2D eigenvalue weighted by atomic mass is 16.5. The number of Topliss-reactive ketones (excluding diaryl/α,β-unsaturated/α-hetero) is 1. The van der Waals surface area contributed by atoms with E-state index in [1.165, 1.54) is 0 Å². The zero-order valence-corrected chi connectivity index (χ0v) is 12.3. The van der Waals surface area contributed by atoms with Gasteiger partial charge in [-0.25, -0.2) is 0 Å². The predicted molar refractivity (Wildman–Crippen MR) is 84.7 cm³/mol. The fourth-order valence-corrected chi connectivity index (χ4v) is 2.17. The molecule has 0 heterocycles. The first kappa shape index (κ1) is 15.3. The summed E-state index contributed by atoms with van der Waals surface area (Å²) in [6.45, 7) is 2.63. The quantitative estimate of drug-likeness (QED) is 0.794. The number of hydrogen-bond donors (Lipinski definition) is 1. The summed E-state index contributed by atoms with van der Waals surface area (Å²) < 4.78 is 5.63. The summed E-state index contributed by atoms with van der Waals surface area (Å²) in [5, 5.41) is 0. The third kappa shape index (κ3) is 4.17. The Morgan fingerprint density at radius 3 is 2.48 bits per heavy atom. The Hall–Kier alpha value is -2.13. The van der Waals surface area contributed by atoms with Crippen LogP contribution in [0.4, 0.5) is 0 Å². The minimum Gasteiger partial charge on any atom is -0.493 e. The molecule has 0 aromatic heterocycles. The molecular weight excluding hydrogens is 262 g/mol. The fraction of sp³-hybridized carbons (Fsp3) is 0.278. The van der Waals surface area contributed by atoms with Crippen LogP contribution >= 0.6 is 0 Å². The van der Waals surface area contributed by atoms with Crippen molar-refractivity contribution in [1.82, 2.24) is 0 Å². The van der Waals surface area contributed by atoms with Gasteiger partial charge in [0.1, 0.15) is 5.75 Å². The van der Waals surface area contributed by atoms with Crippen molar-refractivity contribution >= 4 is 5.78 Å². The Bertz CT molecular complexity index is 581. The van der Waals surface area contributed by atoms with Crippen molar-refractivity contribution in [2.75, 3.05) is 6.61 Å². The second kappa shape index (κ2) is 7.60. The third-order valence-corrected chi connectivity index (χ3v) is 3.25. The number of nitrogens with two attached hydrogens (primary N) is 1. The number of ketones is 1. The van der Waals surface area contributed by atoms with Gasteiger partial charge < -0.3 is 10.5 Å². The van der Waals surface area contributed by atoms with Gasteiger partial charge in [0.05, 0.1) is 18.2 Å². The molecule has 0 saturated carbocycles. The Balaban J connectivity index is 2.12. The molecule has 21 heavy (non-hydrogen) atoms. The van der Waals surface area contributed by atoms with E-state index in [1.54, 1.807) is 6.07 Å². The highest BCUT2D eigenvalue weighted by Gasteiger charge is 2.19. The molecule has 1 unspecified atom stereocenters. The van der Waals surface area contributed by atoms with Crippen LogP contribution in [0.15, 0.2) is 54.6 Å². The summed E-state index contributed by atoms with van der Waals surface area (Å²) in [7, 11) is 0. The second-order valence-electron chi connectivity index (χ2n) is 5.01. The lowest BCUT2D eigenvalue weighted by Crippen LogP contribution is -2.33. The van der Waals surface area contributed by atoms with Crippen molar-refractivity contribution in [2.24, 2.45) is 5.73 Å². The highest BCUT2D eigenvalue weighted by Crippen LogP contribution is 2.20. The molecule has 2 rings (SSSR count). The SMILES string of the molecule is CCCOc1ccccc1C(=O)C(N)Cc1ccccc1. The van der Waals surface area contributed by atoms with Crippen LogP contribution in [0.3, 0.4) is 0 Å². The van der Waals surface area contributed by atoms with Gasteiger partial charge in [-0.05, 0) is 30.5 Å². The van der Waals surface area contributed by atoms with E-state index in [1.807, 2.05) is 55.5 Å². The van der Waals surface area contributed by atoms with Gasteiger partial charge in [0.25, 0.3) is 0 Å². The van der Waals surface area contributed by atoms with Gasteiger partial charge in [0.2, 0.25) is 0 Å². The van der Waals surface area contributed by atoms with Crippen LogP contribution in [0.2, 0.25) is 0 Å². The number of benzene rings is 2. The van der Waals surface area contributed by atoms with Crippen LogP contribution in [-0.2, 0) is 6.42 Å². The molecule has 0 aliphatic rings. The van der Waals surface area contributed by atoms with E-state index in [-0.39, 0.29) is 5.78 Å². The normalized spacial score (nSPS) is 11.9. The summed E-state index contributed by atoms with van der Waals surface area (Å²) in [6.07, 6.45) is 1.43. The maximum Gasteiger partial charge on any atom is 0.183 e. The van der Waals surface area contributed by atoms with Gasteiger partial charge in [-0.1, -0.05) is 49.4 Å². The number of ether oxygens (including phenoxy) is 1. The number of carbonyl (C=O) groups excluding carboxylic acids is 1. The summed E-state index contributed by atoms with van der Waals surface area (Å²) in [6, 6.07) is 16.5. The van der Waals surface area contributed by atoms with E-state index in [4.69, 9.17) is 10.5 Å². The number of hydrogen-bond acceptors (Lipinski definition) is 3. The maximum absolute atomic E-state index is 12.5. The molecule has 2 N–H and O–H groups in total. The first-order chi connectivity index (χ1) is 10.2. The topological polar surface area (TPSA) is 52.3 Å². The standard InChI is InChI=1S/C18H21NO2/c1-2-12-21-17-11-7-6-10-15(17)18(20)16(19)13-14-8-4-3-5-9-14/h3-11,16H,2,12-13,19H2,1H3. The lowest BCUT2D eigenvalue weighted by molar-refractivity contribution is 0.0957. The average molecular weight is 283 g/mol. The van der Waals surface area contributed by atoms with Crippen molar-refractivity contribution < 1.29 is 9.53 Å². The van der Waals surface area contributed by atoms with Crippen LogP contribution in [-0.4, -0.2) is 18.4 Å². The Morgan fingerprint density at radius 1 is 1.10 bits per heavy atom. The molecule has 0 fully saturated rings. The maximum atomic E-state index is 12.5. The molecule has 1 atom stereocenters. The average Bonchev–Trinajstić information content (AvgIpc) is 2.53. The van der Waals surface area contributed by atoms with E-state index < -0.39 is 6.04 Å². The first-order valence-electron chi connectivity index (χ1n) is 7.28. The third-order valence-electron chi connectivity index (χ3n) is 3.25. The smallest absolute Gasteiger partial charge is 0.183 e. The Morgan fingerprint density at radius 2 is 1.76 bits per heavy atom. The lowest BCUT2D eigenvalue weighted by Gasteiger charge is -2.14. The minimum absolute atomic E-state index is 0.0782. The van der Waals surface area contributed by atoms with E-state index in [0.29, 0.717) is 24.3 Å². The largest absolute Gasteiger partial charge is 0.493 e. The van der Waals surface area contributed by atoms with Crippen LogP contribution < -0.4 is 10.5 Å². The molecule has 3 heteroatoms. The van der Waals surface area contributed by atoms with Crippen molar-refractivity contribution in [2.45, 2.75) is 25.8 Å². The zero-order chi connectivity index (χ0) is 15.1. The summed E-state index contributed by atoms with van der Waals surface area (Å²) in [5.41, 5.74) is 7.70. The molecule has 0 bridgehead atoms. The summed E-state index contributed by atoms with van der Waals surface area (Å²) in [5.74, 6) is 0.540. The number of carbonyl (C=O) groups is 1. The molecule has 0 saturated heterocycles. The van der Waals surface area contributed by atoms with Crippen LogP contribution in [0.5, 0.6) is 5.75 Å². The van der Waals surface area contributed by atoms with Gasteiger partial charge >= 0.3 is 0 Å². The van der Waals surface area contributed by atoms with Gasteiger partial charge in [0.15, 0.2) is 5.78 Å². The molecule has 3 nitrogen and oxygen atoms in total. The van der Waals surface area contributed by atoms with Crippen LogP contribution in [0.25, 0.3) is 0 Å². The molecule has 0 amide bonds. The van der Waals surface area contributed by atoms with Crippen molar-refractivity contribution in [3.63, 3.8) is 0 Å². The van der Waals surface area contributed by atoms with E-state index in [0.717, 1.165) is 12.0 Å². The summed E-state index contributed by atoms with van der Waals surface area (Å²) in [4.78, 5) is 12.5. The molecule has 0 radical (unpaired) electrons. The molecule has 0 spiro atoms. The molecule has 0 aliphatic carbocycles. The molecule has 2 aromatic carbocycles. The highest BCUT2D eigenvalue weighted by molar-refractivity contribution is 6.02. The predicted octanol–water partition coefficient (Wildman–Crippen LogP) is 3.23. The zero-order valence-electron chi connectivity index (χ0n) is 12.3. The van der Waals surface area contributed by atoms with E-state index in [9.17, 15) is 4.79 Å². The van der Waals surface area contributed by atoms with Gasteiger partial charge in [0, 0.05) is 0 Å². The van der Waals surface area contributed by atoms with Gasteiger partial charge in [-0.2, -0.15) is 0 Å². The van der Waals surface area contributed by atoms with Crippen molar-refractivity contribution in [3.8, 4) is 5.75 Å². The van der Waals surface area contributed by atoms with Gasteiger partial charge in [-0.15, -0.1) is 0 Å². The van der Waals surface area contributed by atoms with E-state index >= 15 is 0 Å². The van der Waals surface area contributed by atoms with Crippen molar-refractivity contribution in [3.05, 3.63) is 65.7 Å². The number of rotatable bonds is 7. The van der Waals surface area contributed by atoms with Gasteiger partial charge in [-0.3, -0.25) is 4.79 Å². The molecule has 110 valence electrons. The monoisotopic (exact) mass is 283 g/mol. The summed E-state index contributed by atoms with van der Waals surface area (Å²) >= 11 is 0. The second-order valence-corrected chi connectivity index (χ2v) is 5.01. The van der Waals surface area contributed by atoms with Crippen LogP contribution in [0, 0.1) is 0 Å². The number of para-hydroxylation sites is 1. The minimum atomic E-state index is -0.557. The Kier molecular flexibility index (Phi) is 5.52. The first-order valence-corrected chi connectivity index (χ1v) is 7.28.